The standard InChI is InChI=1S/C18H25F2N/c1-21-13-18(14-8-15(19)10-16(20)9-14)11-17(12-18)6-4-2-3-5-7-17/h8-10,21H,2-7,11-13H2,1H3. The Bertz CT molecular complexity index is 476. The minimum absolute atomic E-state index is 0.0813. The molecule has 0 aliphatic heterocycles. The van der Waals surface area contributed by atoms with Crippen molar-refractivity contribution >= 4 is 0 Å². The molecule has 0 bridgehead atoms. The van der Waals surface area contributed by atoms with Gasteiger partial charge in [0.2, 0.25) is 0 Å². The number of likely N-dealkylation sites (N-methyl/N-ethyl adjacent to an activating group) is 1. The molecule has 1 aromatic rings. The Labute approximate surface area is 126 Å². The summed E-state index contributed by atoms with van der Waals surface area (Å²) < 4.78 is 27.2. The van der Waals surface area contributed by atoms with E-state index in [-0.39, 0.29) is 5.41 Å². The van der Waals surface area contributed by atoms with Crippen LogP contribution in [0.5, 0.6) is 0 Å². The number of benzene rings is 1. The third-order valence-corrected chi connectivity index (χ3v) is 5.58. The largest absolute Gasteiger partial charge is 0.319 e. The molecule has 2 aliphatic rings. The summed E-state index contributed by atoms with van der Waals surface area (Å²) in [6.45, 7) is 0.803. The first-order valence-corrected chi connectivity index (χ1v) is 8.19. The van der Waals surface area contributed by atoms with E-state index in [0.717, 1.165) is 31.0 Å². The van der Waals surface area contributed by atoms with E-state index in [1.165, 1.54) is 50.7 Å². The number of hydrogen-bond acceptors (Lipinski definition) is 1. The lowest BCUT2D eigenvalue weighted by Gasteiger charge is -2.57. The molecule has 2 saturated carbocycles. The lowest BCUT2D eigenvalue weighted by molar-refractivity contribution is 0.00687. The van der Waals surface area contributed by atoms with E-state index >= 15 is 0 Å². The molecule has 2 fully saturated rings. The van der Waals surface area contributed by atoms with Crippen LogP contribution < -0.4 is 5.32 Å². The van der Waals surface area contributed by atoms with Gasteiger partial charge < -0.3 is 5.32 Å². The van der Waals surface area contributed by atoms with Crippen molar-refractivity contribution in [1.29, 1.82) is 0 Å². The second-order valence-corrected chi connectivity index (χ2v) is 7.24. The molecular formula is C18H25F2N. The van der Waals surface area contributed by atoms with Gasteiger partial charge in [0.05, 0.1) is 0 Å². The lowest BCUT2D eigenvalue weighted by Crippen LogP contribution is -2.54. The molecule has 1 N–H and O–H groups in total. The molecule has 21 heavy (non-hydrogen) atoms. The van der Waals surface area contributed by atoms with Crippen LogP contribution >= 0.6 is 0 Å². The summed E-state index contributed by atoms with van der Waals surface area (Å²) in [5.74, 6) is -0.912. The topological polar surface area (TPSA) is 12.0 Å². The molecule has 1 nitrogen and oxygen atoms in total. The fourth-order valence-electron chi connectivity index (χ4n) is 4.85. The summed E-state index contributed by atoms with van der Waals surface area (Å²) in [5.41, 5.74) is 1.18. The van der Waals surface area contributed by atoms with Gasteiger partial charge in [-0.3, -0.25) is 0 Å². The summed E-state index contributed by atoms with van der Waals surface area (Å²) in [4.78, 5) is 0. The molecule has 3 heteroatoms. The summed E-state index contributed by atoms with van der Waals surface area (Å²) >= 11 is 0. The van der Waals surface area contributed by atoms with Crippen molar-refractivity contribution in [3.8, 4) is 0 Å². The van der Waals surface area contributed by atoms with E-state index in [4.69, 9.17) is 0 Å². The molecule has 0 radical (unpaired) electrons. The Morgan fingerprint density at radius 3 is 2.05 bits per heavy atom. The third-order valence-electron chi connectivity index (χ3n) is 5.58. The van der Waals surface area contributed by atoms with Crippen LogP contribution in [0.3, 0.4) is 0 Å². The van der Waals surface area contributed by atoms with Crippen molar-refractivity contribution < 1.29 is 8.78 Å². The highest BCUT2D eigenvalue weighted by atomic mass is 19.1. The zero-order valence-electron chi connectivity index (χ0n) is 12.9. The van der Waals surface area contributed by atoms with Crippen molar-refractivity contribution in [1.82, 2.24) is 5.32 Å². The summed E-state index contributed by atoms with van der Waals surface area (Å²) in [6, 6.07) is 4.03. The Kier molecular flexibility index (Phi) is 4.04. The molecule has 1 spiro atoms. The van der Waals surface area contributed by atoms with Crippen molar-refractivity contribution in [2.24, 2.45) is 5.41 Å². The fourth-order valence-corrected chi connectivity index (χ4v) is 4.85. The quantitative estimate of drug-likeness (QED) is 0.861. The Balaban J connectivity index is 1.85. The minimum Gasteiger partial charge on any atom is -0.319 e. The van der Waals surface area contributed by atoms with Crippen molar-refractivity contribution in [2.75, 3.05) is 13.6 Å². The van der Waals surface area contributed by atoms with E-state index in [1.54, 1.807) is 0 Å². The number of rotatable bonds is 3. The van der Waals surface area contributed by atoms with Gasteiger partial charge in [-0.1, -0.05) is 25.7 Å². The SMILES string of the molecule is CNCC1(c2cc(F)cc(F)c2)CC2(CCCCCC2)C1. The van der Waals surface area contributed by atoms with Gasteiger partial charge in [-0.15, -0.1) is 0 Å². The first-order chi connectivity index (χ1) is 10.1. The third kappa shape index (κ3) is 2.85. The minimum atomic E-state index is -0.456. The van der Waals surface area contributed by atoms with Crippen molar-refractivity contribution in [3.05, 3.63) is 35.4 Å². The molecule has 2 aliphatic carbocycles. The maximum Gasteiger partial charge on any atom is 0.126 e. The van der Waals surface area contributed by atoms with Gasteiger partial charge in [-0.25, -0.2) is 8.78 Å². The van der Waals surface area contributed by atoms with E-state index in [1.807, 2.05) is 7.05 Å². The molecule has 116 valence electrons. The van der Waals surface area contributed by atoms with E-state index in [2.05, 4.69) is 5.32 Å². The summed E-state index contributed by atoms with van der Waals surface area (Å²) in [7, 11) is 1.93. The van der Waals surface area contributed by atoms with Crippen molar-refractivity contribution in [3.63, 3.8) is 0 Å². The van der Waals surface area contributed by atoms with Gasteiger partial charge in [-0.2, -0.15) is 0 Å². The predicted octanol–water partition coefficient (Wildman–Crippen LogP) is 4.56. The maximum absolute atomic E-state index is 13.6. The number of nitrogens with one attached hydrogen (secondary N) is 1. The predicted molar refractivity (Wildman–Crippen MR) is 81.3 cm³/mol. The molecule has 0 heterocycles. The monoisotopic (exact) mass is 293 g/mol. The average Bonchev–Trinajstić information content (AvgIpc) is 2.62. The molecule has 1 aromatic carbocycles. The molecular weight excluding hydrogens is 268 g/mol. The van der Waals surface area contributed by atoms with Gasteiger partial charge in [0.1, 0.15) is 11.6 Å². The zero-order chi connectivity index (χ0) is 14.9. The van der Waals surface area contributed by atoms with Gasteiger partial charge in [-0.05, 0) is 55.8 Å². The van der Waals surface area contributed by atoms with Crippen molar-refractivity contribution in [2.45, 2.75) is 56.8 Å². The van der Waals surface area contributed by atoms with Gasteiger partial charge >= 0.3 is 0 Å². The summed E-state index contributed by atoms with van der Waals surface area (Å²) in [6.07, 6.45) is 10.0. The smallest absolute Gasteiger partial charge is 0.126 e. The summed E-state index contributed by atoms with van der Waals surface area (Å²) in [5, 5.41) is 3.24. The molecule has 0 saturated heterocycles. The molecule has 0 amide bonds. The number of halogens is 2. The lowest BCUT2D eigenvalue weighted by atomic mass is 9.48. The molecule has 3 rings (SSSR count). The highest BCUT2D eigenvalue weighted by molar-refractivity contribution is 5.32. The molecule has 0 aromatic heterocycles. The van der Waals surface area contributed by atoms with Gasteiger partial charge in [0.25, 0.3) is 0 Å². The highest BCUT2D eigenvalue weighted by Crippen LogP contribution is 2.61. The Hall–Kier alpha value is -0.960. The molecule has 0 atom stereocenters. The van der Waals surface area contributed by atoms with Crippen LogP contribution in [-0.2, 0) is 5.41 Å². The molecule has 0 unspecified atom stereocenters. The average molecular weight is 293 g/mol. The van der Waals surface area contributed by atoms with Crippen LogP contribution in [0.4, 0.5) is 8.78 Å². The Morgan fingerprint density at radius 1 is 0.952 bits per heavy atom. The van der Waals surface area contributed by atoms with Gasteiger partial charge in [0.15, 0.2) is 0 Å². The van der Waals surface area contributed by atoms with Crippen LogP contribution in [0.2, 0.25) is 0 Å². The van der Waals surface area contributed by atoms with E-state index in [9.17, 15) is 8.78 Å². The Morgan fingerprint density at radius 2 is 1.52 bits per heavy atom. The van der Waals surface area contributed by atoms with Crippen LogP contribution in [0.25, 0.3) is 0 Å². The maximum atomic E-state index is 13.6. The van der Waals surface area contributed by atoms with Crippen LogP contribution in [-0.4, -0.2) is 13.6 Å². The highest BCUT2D eigenvalue weighted by Gasteiger charge is 2.54. The zero-order valence-corrected chi connectivity index (χ0v) is 12.9. The second kappa shape index (κ2) is 5.68. The number of hydrogen-bond donors (Lipinski definition) is 1. The normalized spacial score (nSPS) is 23.6. The first kappa shape index (κ1) is 15.0. The van der Waals surface area contributed by atoms with Gasteiger partial charge in [0, 0.05) is 18.0 Å². The first-order valence-electron chi connectivity index (χ1n) is 8.19. The van der Waals surface area contributed by atoms with Crippen LogP contribution in [0.15, 0.2) is 18.2 Å². The van der Waals surface area contributed by atoms with Crippen LogP contribution in [0, 0.1) is 17.0 Å². The fraction of sp³-hybridized carbons (Fsp3) is 0.667. The second-order valence-electron chi connectivity index (χ2n) is 7.24. The van der Waals surface area contributed by atoms with E-state index < -0.39 is 11.6 Å². The van der Waals surface area contributed by atoms with E-state index in [0.29, 0.717) is 5.41 Å². The van der Waals surface area contributed by atoms with Crippen LogP contribution in [0.1, 0.15) is 56.9 Å².